The molecule has 0 bridgehead atoms. The zero-order valence-corrected chi connectivity index (χ0v) is 21.0. The predicted octanol–water partition coefficient (Wildman–Crippen LogP) is 4.48. The van der Waals surface area contributed by atoms with E-state index >= 15 is 0 Å². The van der Waals surface area contributed by atoms with Crippen molar-refractivity contribution in [2.75, 3.05) is 13.2 Å². The van der Waals surface area contributed by atoms with Crippen molar-refractivity contribution in [2.45, 2.75) is 65.8 Å². The van der Waals surface area contributed by atoms with Crippen LogP contribution in [0.5, 0.6) is 0 Å². The molecule has 0 spiro atoms. The van der Waals surface area contributed by atoms with Crippen molar-refractivity contribution in [1.82, 2.24) is 10.6 Å². The molecule has 0 saturated carbocycles. The molecule has 0 saturated heterocycles. The first-order chi connectivity index (χ1) is 16.3. The lowest BCUT2D eigenvalue weighted by atomic mass is 10.0. The van der Waals surface area contributed by atoms with Crippen molar-refractivity contribution < 1.29 is 19.1 Å². The van der Waals surface area contributed by atoms with Crippen molar-refractivity contribution in [1.29, 1.82) is 0 Å². The molecule has 6 heteroatoms. The monoisotopic (exact) mass is 468 g/mol. The van der Waals surface area contributed by atoms with Gasteiger partial charge in [0.05, 0.1) is 38.5 Å². The Bertz CT molecular complexity index is 768. The fraction of sp³-hybridized carbons (Fsp3) is 0.500. The molecule has 0 radical (unpaired) electrons. The number of hydrogen-bond acceptors (Lipinski definition) is 4. The Balaban J connectivity index is 1.70. The number of benzene rings is 2. The van der Waals surface area contributed by atoms with Gasteiger partial charge in [-0.3, -0.25) is 9.59 Å². The van der Waals surface area contributed by atoms with Crippen LogP contribution in [0.2, 0.25) is 0 Å². The van der Waals surface area contributed by atoms with Crippen molar-refractivity contribution >= 4 is 11.8 Å². The molecule has 0 fully saturated rings. The van der Waals surface area contributed by atoms with Gasteiger partial charge < -0.3 is 20.1 Å². The molecule has 0 aliphatic heterocycles. The molecule has 2 aromatic carbocycles. The number of ether oxygens (including phenoxy) is 2. The van der Waals surface area contributed by atoms with Gasteiger partial charge in [-0.25, -0.2) is 0 Å². The summed E-state index contributed by atoms with van der Waals surface area (Å²) in [5.41, 5.74) is 2.20. The Labute approximate surface area is 204 Å². The summed E-state index contributed by atoms with van der Waals surface area (Å²) in [7, 11) is 0. The Hall–Kier alpha value is -2.70. The molecule has 34 heavy (non-hydrogen) atoms. The second kappa shape index (κ2) is 15.3. The van der Waals surface area contributed by atoms with Gasteiger partial charge in [-0.05, 0) is 23.0 Å². The van der Waals surface area contributed by atoms with Crippen LogP contribution in [0, 0.1) is 11.8 Å². The predicted molar refractivity (Wildman–Crippen MR) is 135 cm³/mol. The molecule has 0 heterocycles. The summed E-state index contributed by atoms with van der Waals surface area (Å²) in [5.74, 6) is 0.165. The fourth-order valence-corrected chi connectivity index (χ4v) is 3.34. The number of amides is 2. The molecule has 2 unspecified atom stereocenters. The third-order valence-electron chi connectivity index (χ3n) is 5.70. The summed E-state index contributed by atoms with van der Waals surface area (Å²) in [5, 5.41) is 6.04. The standard InChI is InChI=1S/C28H40N2O4/c1-21(2)25(19-33-17-23-11-7-5-8-12-23)29-27(31)15-16-28(32)30-26(22(3)4)20-34-18-24-13-9-6-10-14-24/h5-14,21-22,25-26H,15-20H2,1-4H3,(H,29,31)(H,30,32). The Kier molecular flexibility index (Phi) is 12.4. The van der Waals surface area contributed by atoms with Crippen LogP contribution in [0.1, 0.15) is 51.7 Å². The van der Waals surface area contributed by atoms with Gasteiger partial charge in [0, 0.05) is 12.8 Å². The van der Waals surface area contributed by atoms with Gasteiger partial charge in [0.15, 0.2) is 0 Å². The molecule has 0 aliphatic rings. The molecule has 6 nitrogen and oxygen atoms in total. The highest BCUT2D eigenvalue weighted by Crippen LogP contribution is 2.08. The SMILES string of the molecule is CC(C)C(COCc1ccccc1)NC(=O)CCC(=O)NC(COCc1ccccc1)C(C)C. The van der Waals surface area contributed by atoms with Gasteiger partial charge in [0.2, 0.25) is 11.8 Å². The van der Waals surface area contributed by atoms with Crippen LogP contribution in [-0.2, 0) is 32.3 Å². The van der Waals surface area contributed by atoms with Crippen LogP contribution in [0.4, 0.5) is 0 Å². The van der Waals surface area contributed by atoms with Gasteiger partial charge in [0.25, 0.3) is 0 Å². The summed E-state index contributed by atoms with van der Waals surface area (Å²) >= 11 is 0. The first-order valence-electron chi connectivity index (χ1n) is 12.2. The molecule has 186 valence electrons. The maximum atomic E-state index is 12.5. The van der Waals surface area contributed by atoms with Gasteiger partial charge in [-0.2, -0.15) is 0 Å². The molecule has 2 rings (SSSR count). The van der Waals surface area contributed by atoms with E-state index in [1.165, 1.54) is 0 Å². The van der Waals surface area contributed by atoms with E-state index in [1.807, 2.05) is 88.4 Å². The Morgan fingerprint density at radius 1 is 0.647 bits per heavy atom. The maximum absolute atomic E-state index is 12.5. The van der Waals surface area contributed by atoms with Gasteiger partial charge in [-0.15, -0.1) is 0 Å². The lowest BCUT2D eigenvalue weighted by molar-refractivity contribution is -0.128. The molecule has 2 aromatic rings. The van der Waals surface area contributed by atoms with Crippen LogP contribution in [0.3, 0.4) is 0 Å². The first kappa shape index (κ1) is 27.5. The molecule has 0 aliphatic carbocycles. The number of hydrogen-bond donors (Lipinski definition) is 2. The zero-order chi connectivity index (χ0) is 24.8. The number of carbonyl (C=O) groups is 2. The third-order valence-corrected chi connectivity index (χ3v) is 5.70. The normalized spacial score (nSPS) is 13.0. The van der Waals surface area contributed by atoms with E-state index < -0.39 is 0 Å². The van der Waals surface area contributed by atoms with Crippen LogP contribution in [-0.4, -0.2) is 37.1 Å². The number of nitrogens with one attached hydrogen (secondary N) is 2. The lowest BCUT2D eigenvalue weighted by Crippen LogP contribution is -2.44. The van der Waals surface area contributed by atoms with Crippen LogP contribution in [0.15, 0.2) is 60.7 Å². The van der Waals surface area contributed by atoms with Crippen molar-refractivity contribution in [3.63, 3.8) is 0 Å². The number of rotatable bonds is 15. The summed E-state index contributed by atoms with van der Waals surface area (Å²) in [4.78, 5) is 24.9. The van der Waals surface area contributed by atoms with Gasteiger partial charge in [-0.1, -0.05) is 88.4 Å². The molecule has 0 aromatic heterocycles. The molecular weight excluding hydrogens is 428 g/mol. The van der Waals surface area contributed by atoms with Crippen LogP contribution >= 0.6 is 0 Å². The first-order valence-corrected chi connectivity index (χ1v) is 12.2. The summed E-state index contributed by atoms with van der Waals surface area (Å²) in [6, 6.07) is 19.7. The highest BCUT2D eigenvalue weighted by molar-refractivity contribution is 5.84. The van der Waals surface area contributed by atoms with Crippen LogP contribution < -0.4 is 10.6 Å². The van der Waals surface area contributed by atoms with Crippen molar-refractivity contribution in [2.24, 2.45) is 11.8 Å². The average molecular weight is 469 g/mol. The maximum Gasteiger partial charge on any atom is 0.220 e. The second-order valence-corrected chi connectivity index (χ2v) is 9.34. The van der Waals surface area contributed by atoms with E-state index in [1.54, 1.807) is 0 Å². The van der Waals surface area contributed by atoms with Gasteiger partial charge in [0.1, 0.15) is 0 Å². The highest BCUT2D eigenvalue weighted by Gasteiger charge is 2.20. The lowest BCUT2D eigenvalue weighted by Gasteiger charge is -2.23. The molecular formula is C28H40N2O4. The quantitative estimate of drug-likeness (QED) is 0.404. The minimum absolute atomic E-state index is 0.103. The molecule has 2 atom stereocenters. The van der Waals surface area contributed by atoms with E-state index in [-0.39, 0.29) is 48.6 Å². The summed E-state index contributed by atoms with van der Waals surface area (Å²) < 4.78 is 11.6. The smallest absolute Gasteiger partial charge is 0.220 e. The van der Waals surface area contributed by atoms with E-state index in [2.05, 4.69) is 10.6 Å². The van der Waals surface area contributed by atoms with E-state index in [9.17, 15) is 9.59 Å². The largest absolute Gasteiger partial charge is 0.375 e. The van der Waals surface area contributed by atoms with Gasteiger partial charge >= 0.3 is 0 Å². The highest BCUT2D eigenvalue weighted by atomic mass is 16.5. The minimum atomic E-state index is -0.140. The third kappa shape index (κ3) is 10.9. The zero-order valence-electron chi connectivity index (χ0n) is 21.0. The van der Waals surface area contributed by atoms with E-state index in [4.69, 9.17) is 9.47 Å². The second-order valence-electron chi connectivity index (χ2n) is 9.34. The van der Waals surface area contributed by atoms with Crippen LogP contribution in [0.25, 0.3) is 0 Å². The fourth-order valence-electron chi connectivity index (χ4n) is 3.34. The van der Waals surface area contributed by atoms with Crippen molar-refractivity contribution in [3.05, 3.63) is 71.8 Å². The van der Waals surface area contributed by atoms with Crippen molar-refractivity contribution in [3.8, 4) is 0 Å². The van der Waals surface area contributed by atoms with E-state index in [0.717, 1.165) is 11.1 Å². The van der Waals surface area contributed by atoms with E-state index in [0.29, 0.717) is 26.4 Å². The summed E-state index contributed by atoms with van der Waals surface area (Å²) in [6.07, 6.45) is 0.285. The Morgan fingerprint density at radius 2 is 1.00 bits per heavy atom. The minimum Gasteiger partial charge on any atom is -0.375 e. The average Bonchev–Trinajstić information content (AvgIpc) is 2.82. The molecule has 2 N–H and O–H groups in total. The molecule has 2 amide bonds. The number of carbonyl (C=O) groups excluding carboxylic acids is 2. The summed E-state index contributed by atoms with van der Waals surface area (Å²) in [6.45, 7) is 10.1. The topological polar surface area (TPSA) is 76.7 Å². The Morgan fingerprint density at radius 3 is 1.32 bits per heavy atom.